The fourth-order valence-corrected chi connectivity index (χ4v) is 1.72. The van der Waals surface area contributed by atoms with E-state index >= 15 is 0 Å². The highest BCUT2D eigenvalue weighted by Crippen LogP contribution is 2.13. The average molecular weight is 286 g/mol. The third-order valence-electron chi connectivity index (χ3n) is 2.32. The Hall–Kier alpha value is -0.870. The summed E-state index contributed by atoms with van der Waals surface area (Å²) in [5.41, 5.74) is 0.644. The second-order valence-corrected chi connectivity index (χ2v) is 4.74. The molecule has 1 rings (SSSR count). The molecule has 0 aliphatic carbocycles. The minimum atomic E-state index is -0.0449. The van der Waals surface area contributed by atoms with Gasteiger partial charge < -0.3 is 10.0 Å². The van der Waals surface area contributed by atoms with Crippen LogP contribution in [-0.2, 0) is 0 Å². The molecule has 0 aliphatic rings. The first-order valence-corrected chi connectivity index (χ1v) is 6.03. The largest absolute Gasteiger partial charge is 0.395 e. The van der Waals surface area contributed by atoms with Gasteiger partial charge >= 0.3 is 0 Å². The summed E-state index contributed by atoms with van der Waals surface area (Å²) in [6.07, 6.45) is 0. The van der Waals surface area contributed by atoms with Crippen LogP contribution in [0.25, 0.3) is 0 Å². The highest BCUT2D eigenvalue weighted by Gasteiger charge is 2.17. The summed E-state index contributed by atoms with van der Waals surface area (Å²) >= 11 is 3.33. The van der Waals surface area contributed by atoms with E-state index < -0.39 is 0 Å². The highest BCUT2D eigenvalue weighted by atomic mass is 79.9. The monoisotopic (exact) mass is 285 g/mol. The Bertz CT molecular complexity index is 349. The zero-order valence-electron chi connectivity index (χ0n) is 9.48. The maximum Gasteiger partial charge on any atom is 0.254 e. The molecule has 0 fully saturated rings. The maximum atomic E-state index is 12.1. The molecule has 0 aromatic heterocycles. The van der Waals surface area contributed by atoms with Gasteiger partial charge in [0.2, 0.25) is 0 Å². The lowest BCUT2D eigenvalue weighted by Gasteiger charge is -2.26. The van der Waals surface area contributed by atoms with Crippen LogP contribution < -0.4 is 0 Å². The first-order chi connectivity index (χ1) is 7.56. The van der Waals surface area contributed by atoms with Gasteiger partial charge in [-0.05, 0) is 38.1 Å². The lowest BCUT2D eigenvalue weighted by molar-refractivity contribution is 0.0665. The number of rotatable bonds is 4. The second kappa shape index (κ2) is 6.01. The van der Waals surface area contributed by atoms with Crippen LogP contribution in [0.15, 0.2) is 28.7 Å². The molecule has 88 valence electrons. The molecule has 0 aliphatic heterocycles. The molecule has 0 atom stereocenters. The Balaban J connectivity index is 2.86. The summed E-state index contributed by atoms with van der Waals surface area (Å²) in [5.74, 6) is -0.0449. The molecule has 0 bridgehead atoms. The number of amides is 1. The van der Waals surface area contributed by atoms with Crippen molar-refractivity contribution in [3.05, 3.63) is 34.3 Å². The smallest absolute Gasteiger partial charge is 0.254 e. The van der Waals surface area contributed by atoms with Crippen LogP contribution in [0.5, 0.6) is 0 Å². The molecule has 0 saturated heterocycles. The lowest BCUT2D eigenvalue weighted by Crippen LogP contribution is -2.38. The minimum absolute atomic E-state index is 0.0134. The Labute approximate surface area is 104 Å². The average Bonchev–Trinajstić information content (AvgIpc) is 2.25. The van der Waals surface area contributed by atoms with Crippen LogP contribution in [-0.4, -0.2) is 35.1 Å². The number of carbonyl (C=O) groups excluding carboxylic acids is 1. The van der Waals surface area contributed by atoms with E-state index in [1.54, 1.807) is 17.0 Å². The summed E-state index contributed by atoms with van der Waals surface area (Å²) < 4.78 is 0.947. The standard InChI is InChI=1S/C12H16BrNO2/c1-9(2)14(7-8-15)12(16)10-3-5-11(13)6-4-10/h3-6,9,15H,7-8H2,1-2H3. The quantitative estimate of drug-likeness (QED) is 0.922. The summed E-state index contributed by atoms with van der Waals surface area (Å²) in [6, 6.07) is 7.32. The molecule has 1 amide bonds. The molecule has 1 aromatic carbocycles. The van der Waals surface area contributed by atoms with Crippen LogP contribution in [0.3, 0.4) is 0 Å². The number of hydrogen-bond acceptors (Lipinski definition) is 2. The van der Waals surface area contributed by atoms with Gasteiger partial charge in [0.15, 0.2) is 0 Å². The van der Waals surface area contributed by atoms with Crippen molar-refractivity contribution in [2.24, 2.45) is 0 Å². The number of benzene rings is 1. The predicted molar refractivity (Wildman–Crippen MR) is 67.4 cm³/mol. The molecule has 0 saturated carbocycles. The Morgan fingerprint density at radius 2 is 1.94 bits per heavy atom. The zero-order chi connectivity index (χ0) is 12.1. The van der Waals surface area contributed by atoms with Gasteiger partial charge in [-0.25, -0.2) is 0 Å². The number of carbonyl (C=O) groups is 1. The van der Waals surface area contributed by atoms with Crippen molar-refractivity contribution in [1.82, 2.24) is 4.90 Å². The van der Waals surface area contributed by atoms with E-state index in [-0.39, 0.29) is 18.6 Å². The van der Waals surface area contributed by atoms with E-state index in [1.807, 2.05) is 26.0 Å². The van der Waals surface area contributed by atoms with Gasteiger partial charge in [0.05, 0.1) is 6.61 Å². The van der Waals surface area contributed by atoms with E-state index in [9.17, 15) is 4.79 Å². The van der Waals surface area contributed by atoms with Gasteiger partial charge in [-0.1, -0.05) is 15.9 Å². The molecule has 4 heteroatoms. The van der Waals surface area contributed by atoms with Crippen molar-refractivity contribution < 1.29 is 9.90 Å². The number of nitrogens with zero attached hydrogens (tertiary/aromatic N) is 1. The van der Waals surface area contributed by atoms with Crippen molar-refractivity contribution in [3.63, 3.8) is 0 Å². The van der Waals surface area contributed by atoms with Crippen molar-refractivity contribution in [2.45, 2.75) is 19.9 Å². The maximum absolute atomic E-state index is 12.1. The molecule has 0 radical (unpaired) electrons. The van der Waals surface area contributed by atoms with Crippen molar-refractivity contribution in [1.29, 1.82) is 0 Å². The van der Waals surface area contributed by atoms with Gasteiger partial charge in [0, 0.05) is 22.6 Å². The van der Waals surface area contributed by atoms with Crippen LogP contribution in [0.4, 0.5) is 0 Å². The summed E-state index contributed by atoms with van der Waals surface area (Å²) in [5, 5.41) is 8.92. The second-order valence-electron chi connectivity index (χ2n) is 3.82. The summed E-state index contributed by atoms with van der Waals surface area (Å²) in [7, 11) is 0. The molecular formula is C12H16BrNO2. The van der Waals surface area contributed by atoms with Gasteiger partial charge in [0.1, 0.15) is 0 Å². The molecule has 1 aromatic rings. The molecule has 3 nitrogen and oxygen atoms in total. The van der Waals surface area contributed by atoms with Crippen molar-refractivity contribution >= 4 is 21.8 Å². The third kappa shape index (κ3) is 3.32. The molecule has 16 heavy (non-hydrogen) atoms. The zero-order valence-corrected chi connectivity index (χ0v) is 11.1. The van der Waals surface area contributed by atoms with Gasteiger partial charge in [-0.3, -0.25) is 4.79 Å². The number of hydrogen-bond donors (Lipinski definition) is 1. The van der Waals surface area contributed by atoms with E-state index in [4.69, 9.17) is 5.11 Å². The normalized spacial score (nSPS) is 10.6. The van der Waals surface area contributed by atoms with Gasteiger partial charge in [-0.2, -0.15) is 0 Å². The minimum Gasteiger partial charge on any atom is -0.395 e. The number of aliphatic hydroxyl groups is 1. The Morgan fingerprint density at radius 1 is 1.38 bits per heavy atom. The van der Waals surface area contributed by atoms with Gasteiger partial charge in [-0.15, -0.1) is 0 Å². The van der Waals surface area contributed by atoms with E-state index in [2.05, 4.69) is 15.9 Å². The van der Waals surface area contributed by atoms with Crippen molar-refractivity contribution in [2.75, 3.05) is 13.2 Å². The first-order valence-electron chi connectivity index (χ1n) is 5.23. The fourth-order valence-electron chi connectivity index (χ4n) is 1.46. The van der Waals surface area contributed by atoms with E-state index in [1.165, 1.54) is 0 Å². The number of halogens is 1. The fraction of sp³-hybridized carbons (Fsp3) is 0.417. The molecule has 0 spiro atoms. The van der Waals surface area contributed by atoms with Crippen LogP contribution in [0.2, 0.25) is 0 Å². The molecule has 0 unspecified atom stereocenters. The number of aliphatic hydroxyl groups excluding tert-OH is 1. The third-order valence-corrected chi connectivity index (χ3v) is 2.84. The Morgan fingerprint density at radius 3 is 2.38 bits per heavy atom. The summed E-state index contributed by atoms with van der Waals surface area (Å²) in [4.78, 5) is 13.7. The van der Waals surface area contributed by atoms with E-state index in [0.717, 1.165) is 4.47 Å². The topological polar surface area (TPSA) is 40.5 Å². The lowest BCUT2D eigenvalue weighted by atomic mass is 10.2. The van der Waals surface area contributed by atoms with Crippen LogP contribution in [0, 0.1) is 0 Å². The SMILES string of the molecule is CC(C)N(CCO)C(=O)c1ccc(Br)cc1. The van der Waals surface area contributed by atoms with Crippen molar-refractivity contribution in [3.8, 4) is 0 Å². The Kier molecular flexibility index (Phi) is 4.96. The highest BCUT2D eigenvalue weighted by molar-refractivity contribution is 9.10. The van der Waals surface area contributed by atoms with Gasteiger partial charge in [0.25, 0.3) is 5.91 Å². The molecular weight excluding hydrogens is 270 g/mol. The predicted octanol–water partition coefficient (Wildman–Crippen LogP) is 2.29. The van der Waals surface area contributed by atoms with E-state index in [0.29, 0.717) is 12.1 Å². The first kappa shape index (κ1) is 13.2. The summed E-state index contributed by atoms with van der Waals surface area (Å²) in [6.45, 7) is 4.23. The molecule has 0 heterocycles. The molecule has 1 N–H and O–H groups in total. The van der Waals surface area contributed by atoms with Crippen LogP contribution in [0.1, 0.15) is 24.2 Å². The van der Waals surface area contributed by atoms with Crippen LogP contribution >= 0.6 is 15.9 Å².